The minimum atomic E-state index is -0.405. The van der Waals surface area contributed by atoms with E-state index in [4.69, 9.17) is 19.9 Å². The van der Waals surface area contributed by atoms with E-state index in [9.17, 15) is 9.18 Å². The summed E-state index contributed by atoms with van der Waals surface area (Å²) >= 11 is 0. The third kappa shape index (κ3) is 5.05. The standard InChI is InChI=1S/C25H25FN6O4/c1-34-24-20(10-17(14-29-24)15-4-7-32-22(11-15)30-25(27)31-32)23(33)28-13-16-2-3-18(26)12-21(16)36-19-5-8-35-9-6-19/h2-4,7,10-12,14,19H,5-6,8-9,13H2,1H3,(H2,27,31)(H,28,33). The van der Waals surface area contributed by atoms with Gasteiger partial charge < -0.3 is 25.3 Å². The summed E-state index contributed by atoms with van der Waals surface area (Å²) in [5, 5.41) is 6.94. The van der Waals surface area contributed by atoms with E-state index in [1.807, 2.05) is 6.07 Å². The van der Waals surface area contributed by atoms with Gasteiger partial charge in [0.25, 0.3) is 5.91 Å². The molecule has 3 aromatic heterocycles. The first kappa shape index (κ1) is 23.5. The maximum absolute atomic E-state index is 13.9. The Labute approximate surface area is 206 Å². The first-order valence-corrected chi connectivity index (χ1v) is 11.5. The SMILES string of the molecule is COc1ncc(-c2ccn3nc(N)nc3c2)cc1C(=O)NCc1ccc(F)cc1OC1CCOCC1. The summed E-state index contributed by atoms with van der Waals surface area (Å²) in [6.45, 7) is 1.34. The van der Waals surface area contributed by atoms with Gasteiger partial charge in [0.1, 0.15) is 23.2 Å². The Morgan fingerprint density at radius 1 is 1.22 bits per heavy atom. The molecule has 0 atom stereocenters. The number of hydrogen-bond donors (Lipinski definition) is 2. The molecule has 3 N–H and O–H groups in total. The lowest BCUT2D eigenvalue weighted by Gasteiger charge is -2.24. The summed E-state index contributed by atoms with van der Waals surface area (Å²) in [6, 6.07) is 9.60. The minimum Gasteiger partial charge on any atom is -0.490 e. The molecule has 0 bridgehead atoms. The summed E-state index contributed by atoms with van der Waals surface area (Å²) in [5.41, 5.74) is 8.63. The zero-order valence-corrected chi connectivity index (χ0v) is 19.6. The highest BCUT2D eigenvalue weighted by atomic mass is 19.1. The topological polar surface area (TPSA) is 126 Å². The first-order valence-electron chi connectivity index (χ1n) is 11.5. The van der Waals surface area contributed by atoms with Crippen molar-refractivity contribution in [1.82, 2.24) is 24.9 Å². The molecule has 0 aliphatic carbocycles. The number of aromatic nitrogens is 4. The highest BCUT2D eigenvalue weighted by Crippen LogP contribution is 2.27. The summed E-state index contributed by atoms with van der Waals surface area (Å²) in [5.74, 6) is -0.0442. The highest BCUT2D eigenvalue weighted by molar-refractivity contribution is 5.97. The van der Waals surface area contributed by atoms with Crippen molar-refractivity contribution < 1.29 is 23.4 Å². The van der Waals surface area contributed by atoms with Gasteiger partial charge in [-0.3, -0.25) is 4.79 Å². The number of carbonyl (C=O) groups excluding carboxylic acids is 1. The van der Waals surface area contributed by atoms with Crippen molar-refractivity contribution in [2.45, 2.75) is 25.5 Å². The van der Waals surface area contributed by atoms with Crippen LogP contribution in [0, 0.1) is 5.82 Å². The molecule has 4 aromatic rings. The fourth-order valence-electron chi connectivity index (χ4n) is 4.04. The smallest absolute Gasteiger partial charge is 0.257 e. The average Bonchev–Trinajstić information content (AvgIpc) is 3.27. The van der Waals surface area contributed by atoms with Gasteiger partial charge in [-0.25, -0.2) is 13.9 Å². The number of hydrogen-bond acceptors (Lipinski definition) is 8. The number of pyridine rings is 2. The quantitative estimate of drug-likeness (QED) is 0.403. The van der Waals surface area contributed by atoms with Gasteiger partial charge in [0.2, 0.25) is 11.8 Å². The van der Waals surface area contributed by atoms with E-state index in [0.717, 1.165) is 18.4 Å². The predicted octanol–water partition coefficient (Wildman–Crippen LogP) is 3.01. The van der Waals surface area contributed by atoms with E-state index in [1.54, 1.807) is 35.1 Å². The molecular formula is C25H25FN6O4. The van der Waals surface area contributed by atoms with E-state index in [1.165, 1.54) is 19.2 Å². The van der Waals surface area contributed by atoms with Gasteiger partial charge in [0.05, 0.1) is 20.3 Å². The number of carbonyl (C=O) groups is 1. The number of amides is 1. The van der Waals surface area contributed by atoms with Crippen molar-refractivity contribution in [3.63, 3.8) is 0 Å². The molecule has 1 saturated heterocycles. The zero-order valence-electron chi connectivity index (χ0n) is 19.6. The van der Waals surface area contributed by atoms with Crippen LogP contribution in [0.2, 0.25) is 0 Å². The van der Waals surface area contributed by atoms with E-state index >= 15 is 0 Å². The Morgan fingerprint density at radius 2 is 2.06 bits per heavy atom. The lowest BCUT2D eigenvalue weighted by Crippen LogP contribution is -2.27. The van der Waals surface area contributed by atoms with Gasteiger partial charge in [0.15, 0.2) is 5.65 Å². The normalized spacial score (nSPS) is 14.1. The van der Waals surface area contributed by atoms with Crippen molar-refractivity contribution in [3.05, 3.63) is 65.7 Å². The number of fused-ring (bicyclic) bond motifs is 1. The van der Waals surface area contributed by atoms with Crippen molar-refractivity contribution in [3.8, 4) is 22.8 Å². The van der Waals surface area contributed by atoms with Crippen LogP contribution in [0.15, 0.2) is 48.8 Å². The Balaban J connectivity index is 1.36. The van der Waals surface area contributed by atoms with Gasteiger partial charge in [0, 0.05) is 49.0 Å². The summed E-state index contributed by atoms with van der Waals surface area (Å²) in [6.07, 6.45) is 4.73. The summed E-state index contributed by atoms with van der Waals surface area (Å²) in [7, 11) is 1.45. The molecule has 0 unspecified atom stereocenters. The zero-order chi connectivity index (χ0) is 25.1. The number of nitrogen functional groups attached to an aromatic ring is 1. The Morgan fingerprint density at radius 3 is 2.86 bits per heavy atom. The van der Waals surface area contributed by atoms with Crippen LogP contribution in [0.1, 0.15) is 28.8 Å². The highest BCUT2D eigenvalue weighted by Gasteiger charge is 2.19. The van der Waals surface area contributed by atoms with E-state index in [-0.39, 0.29) is 30.0 Å². The lowest BCUT2D eigenvalue weighted by atomic mass is 10.1. The predicted molar refractivity (Wildman–Crippen MR) is 129 cm³/mol. The third-order valence-electron chi connectivity index (χ3n) is 5.91. The van der Waals surface area contributed by atoms with Crippen LogP contribution in [0.3, 0.4) is 0 Å². The Kier molecular flexibility index (Phi) is 6.63. The molecule has 1 aromatic carbocycles. The number of anilines is 1. The average molecular weight is 493 g/mol. The third-order valence-corrected chi connectivity index (χ3v) is 5.91. The molecule has 0 saturated carbocycles. The van der Waals surface area contributed by atoms with Gasteiger partial charge in [-0.15, -0.1) is 5.10 Å². The van der Waals surface area contributed by atoms with Crippen LogP contribution in [0.25, 0.3) is 16.8 Å². The summed E-state index contributed by atoms with van der Waals surface area (Å²) in [4.78, 5) is 21.6. The van der Waals surface area contributed by atoms with E-state index in [2.05, 4.69) is 20.4 Å². The molecule has 1 fully saturated rings. The van der Waals surface area contributed by atoms with Gasteiger partial charge in [-0.2, -0.15) is 4.98 Å². The number of methoxy groups -OCH3 is 1. The summed E-state index contributed by atoms with van der Waals surface area (Å²) < 4.78 is 32.2. The van der Waals surface area contributed by atoms with Gasteiger partial charge in [-0.1, -0.05) is 6.07 Å². The molecule has 36 heavy (non-hydrogen) atoms. The molecule has 1 aliphatic rings. The second kappa shape index (κ2) is 10.2. The number of rotatable bonds is 7. The van der Waals surface area contributed by atoms with Crippen LogP contribution in [-0.4, -0.2) is 51.9 Å². The number of benzene rings is 1. The first-order chi connectivity index (χ1) is 17.5. The number of nitrogens with zero attached hydrogens (tertiary/aromatic N) is 4. The maximum Gasteiger partial charge on any atom is 0.257 e. The van der Waals surface area contributed by atoms with Crippen LogP contribution < -0.4 is 20.5 Å². The van der Waals surface area contributed by atoms with Crippen molar-refractivity contribution in [1.29, 1.82) is 0 Å². The molecule has 5 rings (SSSR count). The van der Waals surface area contributed by atoms with Crippen LogP contribution >= 0.6 is 0 Å². The van der Waals surface area contributed by atoms with Crippen LogP contribution in [0.5, 0.6) is 11.6 Å². The lowest BCUT2D eigenvalue weighted by molar-refractivity contribution is 0.0250. The molecule has 1 amide bonds. The molecule has 1 aliphatic heterocycles. The van der Waals surface area contributed by atoms with Crippen molar-refractivity contribution >= 4 is 17.5 Å². The number of nitrogens with two attached hydrogens (primary N) is 1. The molecular weight excluding hydrogens is 467 g/mol. The fraction of sp³-hybridized carbons (Fsp3) is 0.280. The molecule has 0 radical (unpaired) electrons. The largest absolute Gasteiger partial charge is 0.490 e. The maximum atomic E-state index is 13.9. The monoisotopic (exact) mass is 492 g/mol. The minimum absolute atomic E-state index is 0.0612. The number of ether oxygens (including phenoxy) is 3. The van der Waals surface area contributed by atoms with Gasteiger partial charge >= 0.3 is 0 Å². The molecule has 10 nitrogen and oxygen atoms in total. The molecule has 11 heteroatoms. The second-order valence-corrected chi connectivity index (χ2v) is 8.33. The number of halogens is 1. The molecule has 186 valence electrons. The second-order valence-electron chi connectivity index (χ2n) is 8.33. The fourth-order valence-corrected chi connectivity index (χ4v) is 4.04. The van der Waals surface area contributed by atoms with Crippen LogP contribution in [0.4, 0.5) is 10.3 Å². The van der Waals surface area contributed by atoms with Crippen molar-refractivity contribution in [2.75, 3.05) is 26.1 Å². The van der Waals surface area contributed by atoms with E-state index < -0.39 is 11.7 Å². The Hall–Kier alpha value is -4.25. The number of nitrogens with one attached hydrogen (secondary N) is 1. The Bertz CT molecular complexity index is 1400. The van der Waals surface area contributed by atoms with Gasteiger partial charge in [-0.05, 0) is 29.8 Å². The molecule has 0 spiro atoms. The van der Waals surface area contributed by atoms with Crippen LogP contribution in [-0.2, 0) is 11.3 Å². The van der Waals surface area contributed by atoms with Crippen molar-refractivity contribution in [2.24, 2.45) is 0 Å². The molecule has 4 heterocycles. The van der Waals surface area contributed by atoms with E-state index in [0.29, 0.717) is 35.7 Å².